The van der Waals surface area contributed by atoms with Crippen molar-refractivity contribution in [1.82, 2.24) is 25.4 Å². The predicted molar refractivity (Wildman–Crippen MR) is 84.0 cm³/mol. The fourth-order valence-corrected chi connectivity index (χ4v) is 2.01. The number of halogens is 1. The third-order valence-electron chi connectivity index (χ3n) is 3.46. The van der Waals surface area contributed by atoms with E-state index in [-0.39, 0.29) is 5.82 Å². The van der Waals surface area contributed by atoms with Gasteiger partial charge in [-0.3, -0.25) is 4.99 Å². The van der Waals surface area contributed by atoms with Crippen LogP contribution in [0.15, 0.2) is 29.3 Å². The van der Waals surface area contributed by atoms with Gasteiger partial charge in [0.1, 0.15) is 11.6 Å². The largest absolute Gasteiger partial charge is 0.356 e. The summed E-state index contributed by atoms with van der Waals surface area (Å²) in [6.07, 6.45) is 0.594. The number of benzene rings is 1. The molecule has 0 spiro atoms. The Morgan fingerprint density at radius 3 is 2.68 bits per heavy atom. The van der Waals surface area contributed by atoms with Gasteiger partial charge >= 0.3 is 0 Å². The third kappa shape index (κ3) is 4.03. The first-order valence-electron chi connectivity index (χ1n) is 7.14. The van der Waals surface area contributed by atoms with E-state index in [0.29, 0.717) is 31.0 Å². The van der Waals surface area contributed by atoms with E-state index >= 15 is 0 Å². The van der Waals surface area contributed by atoms with Gasteiger partial charge < -0.3 is 15.2 Å². The highest BCUT2D eigenvalue weighted by Crippen LogP contribution is 2.06. The first-order chi connectivity index (χ1) is 10.6. The van der Waals surface area contributed by atoms with Gasteiger partial charge in [0.25, 0.3) is 0 Å². The van der Waals surface area contributed by atoms with E-state index < -0.39 is 0 Å². The molecule has 0 radical (unpaired) electrons. The van der Waals surface area contributed by atoms with E-state index in [4.69, 9.17) is 0 Å². The molecule has 118 valence electrons. The fourth-order valence-electron chi connectivity index (χ4n) is 2.01. The quantitative estimate of drug-likeness (QED) is 0.643. The van der Waals surface area contributed by atoms with Crippen LogP contribution in [-0.4, -0.2) is 34.3 Å². The molecule has 1 aromatic carbocycles. The highest BCUT2D eigenvalue weighted by molar-refractivity contribution is 5.79. The Morgan fingerprint density at radius 2 is 2.05 bits per heavy atom. The van der Waals surface area contributed by atoms with Crippen molar-refractivity contribution in [3.05, 3.63) is 47.3 Å². The van der Waals surface area contributed by atoms with E-state index in [1.807, 2.05) is 24.6 Å². The second-order valence-corrected chi connectivity index (χ2v) is 4.92. The van der Waals surface area contributed by atoms with Crippen molar-refractivity contribution in [3.8, 4) is 0 Å². The van der Waals surface area contributed by atoms with Gasteiger partial charge in [0.05, 0.1) is 6.54 Å². The number of hydrogen-bond donors (Lipinski definition) is 2. The molecule has 0 aliphatic rings. The summed E-state index contributed by atoms with van der Waals surface area (Å²) in [5.41, 5.74) is 0.689. The molecule has 0 unspecified atom stereocenters. The summed E-state index contributed by atoms with van der Waals surface area (Å²) in [5, 5.41) is 14.4. The molecule has 0 fully saturated rings. The average Bonchev–Trinajstić information content (AvgIpc) is 2.84. The molecular formula is C15H21FN6. The highest BCUT2D eigenvalue weighted by Gasteiger charge is 2.06. The van der Waals surface area contributed by atoms with Crippen molar-refractivity contribution in [2.24, 2.45) is 12.0 Å². The first kappa shape index (κ1) is 15.9. The standard InChI is InChI=1S/C15H21FN6/c1-11-20-21-14(22(11)3)10-19-15(17-2)18-9-8-12-6-4-5-7-13(12)16/h4-7H,8-10H2,1-3H3,(H2,17,18,19). The van der Waals surface area contributed by atoms with Gasteiger partial charge in [-0.1, -0.05) is 18.2 Å². The van der Waals surface area contributed by atoms with Crippen LogP contribution >= 0.6 is 0 Å². The van der Waals surface area contributed by atoms with Gasteiger partial charge in [0.15, 0.2) is 11.8 Å². The summed E-state index contributed by atoms with van der Waals surface area (Å²) < 4.78 is 15.4. The summed E-state index contributed by atoms with van der Waals surface area (Å²) in [6, 6.07) is 6.78. The van der Waals surface area contributed by atoms with E-state index in [1.165, 1.54) is 6.07 Å². The topological polar surface area (TPSA) is 67.1 Å². The molecule has 1 aromatic heterocycles. The van der Waals surface area contributed by atoms with Gasteiger partial charge in [0, 0.05) is 20.6 Å². The van der Waals surface area contributed by atoms with Crippen LogP contribution in [0.5, 0.6) is 0 Å². The van der Waals surface area contributed by atoms with Gasteiger partial charge in [-0.25, -0.2) is 4.39 Å². The van der Waals surface area contributed by atoms with Crippen molar-refractivity contribution in [2.45, 2.75) is 19.9 Å². The van der Waals surface area contributed by atoms with E-state index in [0.717, 1.165) is 11.6 Å². The Kier molecular flexibility index (Phi) is 5.46. The van der Waals surface area contributed by atoms with Crippen LogP contribution < -0.4 is 10.6 Å². The molecular weight excluding hydrogens is 283 g/mol. The normalized spacial score (nSPS) is 11.5. The Bertz CT molecular complexity index is 649. The number of nitrogens with zero attached hydrogens (tertiary/aromatic N) is 4. The van der Waals surface area contributed by atoms with E-state index in [9.17, 15) is 4.39 Å². The van der Waals surface area contributed by atoms with Crippen LogP contribution in [0.2, 0.25) is 0 Å². The van der Waals surface area contributed by atoms with Gasteiger partial charge in [-0.2, -0.15) is 0 Å². The van der Waals surface area contributed by atoms with E-state index in [1.54, 1.807) is 19.2 Å². The number of aromatic nitrogens is 3. The van der Waals surface area contributed by atoms with Crippen molar-refractivity contribution in [1.29, 1.82) is 0 Å². The third-order valence-corrected chi connectivity index (χ3v) is 3.46. The fraction of sp³-hybridized carbons (Fsp3) is 0.400. The summed E-state index contributed by atoms with van der Waals surface area (Å²) >= 11 is 0. The second-order valence-electron chi connectivity index (χ2n) is 4.92. The molecule has 1 heterocycles. The zero-order valence-electron chi connectivity index (χ0n) is 13.1. The summed E-state index contributed by atoms with van der Waals surface area (Å²) in [5.74, 6) is 2.16. The molecule has 0 aliphatic carbocycles. The molecule has 0 aliphatic heterocycles. The Balaban J connectivity index is 1.81. The highest BCUT2D eigenvalue weighted by atomic mass is 19.1. The smallest absolute Gasteiger partial charge is 0.191 e. The number of hydrogen-bond acceptors (Lipinski definition) is 3. The molecule has 6 nitrogen and oxygen atoms in total. The maximum absolute atomic E-state index is 13.5. The molecule has 22 heavy (non-hydrogen) atoms. The van der Waals surface area contributed by atoms with Crippen LogP contribution in [0, 0.1) is 12.7 Å². The molecule has 2 aromatic rings. The molecule has 0 saturated carbocycles. The molecule has 7 heteroatoms. The van der Waals surface area contributed by atoms with Gasteiger partial charge in [-0.05, 0) is 25.0 Å². The van der Waals surface area contributed by atoms with Crippen LogP contribution in [-0.2, 0) is 20.0 Å². The van der Waals surface area contributed by atoms with Crippen LogP contribution in [0.4, 0.5) is 4.39 Å². The lowest BCUT2D eigenvalue weighted by atomic mass is 10.1. The zero-order valence-corrected chi connectivity index (χ0v) is 13.1. The number of guanidine groups is 1. The molecule has 0 saturated heterocycles. The number of nitrogens with one attached hydrogen (secondary N) is 2. The minimum absolute atomic E-state index is 0.179. The SMILES string of the molecule is CN=C(NCCc1ccccc1F)NCc1nnc(C)n1C. The van der Waals surface area contributed by atoms with Crippen molar-refractivity contribution in [2.75, 3.05) is 13.6 Å². The molecule has 0 amide bonds. The van der Waals surface area contributed by atoms with E-state index in [2.05, 4.69) is 25.8 Å². The minimum atomic E-state index is -0.179. The van der Waals surface area contributed by atoms with Crippen LogP contribution in [0.1, 0.15) is 17.2 Å². The van der Waals surface area contributed by atoms with Crippen molar-refractivity contribution >= 4 is 5.96 Å². The summed E-state index contributed by atoms with van der Waals surface area (Å²) in [7, 11) is 3.61. The minimum Gasteiger partial charge on any atom is -0.356 e. The number of aliphatic imine (C=N–C) groups is 1. The Labute approximate surface area is 129 Å². The summed E-state index contributed by atoms with van der Waals surface area (Å²) in [6.45, 7) is 3.02. The molecule has 2 rings (SSSR count). The van der Waals surface area contributed by atoms with Gasteiger partial charge in [-0.15, -0.1) is 10.2 Å². The molecule has 0 atom stereocenters. The maximum Gasteiger partial charge on any atom is 0.191 e. The number of rotatable bonds is 5. The molecule has 0 bridgehead atoms. The lowest BCUT2D eigenvalue weighted by molar-refractivity contribution is 0.606. The number of aryl methyl sites for hydroxylation is 1. The summed E-state index contributed by atoms with van der Waals surface area (Å²) in [4.78, 5) is 4.14. The molecule has 2 N–H and O–H groups in total. The maximum atomic E-state index is 13.5. The van der Waals surface area contributed by atoms with Crippen molar-refractivity contribution < 1.29 is 4.39 Å². The Morgan fingerprint density at radius 1 is 1.27 bits per heavy atom. The lowest BCUT2D eigenvalue weighted by Gasteiger charge is -2.11. The van der Waals surface area contributed by atoms with Crippen LogP contribution in [0.25, 0.3) is 0 Å². The first-order valence-corrected chi connectivity index (χ1v) is 7.14. The van der Waals surface area contributed by atoms with Gasteiger partial charge in [0.2, 0.25) is 0 Å². The monoisotopic (exact) mass is 304 g/mol. The second kappa shape index (κ2) is 7.53. The average molecular weight is 304 g/mol. The zero-order chi connectivity index (χ0) is 15.9. The lowest BCUT2D eigenvalue weighted by Crippen LogP contribution is -2.38. The van der Waals surface area contributed by atoms with Crippen LogP contribution in [0.3, 0.4) is 0 Å². The predicted octanol–water partition coefficient (Wildman–Crippen LogP) is 1.17. The Hall–Kier alpha value is -2.44. The van der Waals surface area contributed by atoms with Crippen molar-refractivity contribution in [3.63, 3.8) is 0 Å².